The molecule has 8 heteroatoms. The van der Waals surface area contributed by atoms with Gasteiger partial charge in [-0.1, -0.05) is 18.2 Å². The Morgan fingerprint density at radius 3 is 2.64 bits per heavy atom. The number of hydrogen-bond donors (Lipinski definition) is 0. The minimum Gasteiger partial charge on any atom is -0.481 e. The summed E-state index contributed by atoms with van der Waals surface area (Å²) in [5, 5.41) is 4.61. The monoisotopic (exact) mass is 399 g/mol. The summed E-state index contributed by atoms with van der Waals surface area (Å²) in [4.78, 5) is 14.8. The Bertz CT molecular complexity index is 1140. The summed E-state index contributed by atoms with van der Waals surface area (Å²) in [7, 11) is -0.0997. The summed E-state index contributed by atoms with van der Waals surface area (Å²) < 4.78 is 32.6. The summed E-state index contributed by atoms with van der Waals surface area (Å²) in [6, 6.07) is 13.7. The van der Waals surface area contributed by atoms with Gasteiger partial charge in [-0.3, -0.25) is 4.79 Å². The number of rotatable bonds is 4. The van der Waals surface area contributed by atoms with E-state index in [1.54, 1.807) is 66.2 Å². The molecule has 0 saturated carbocycles. The van der Waals surface area contributed by atoms with Crippen LogP contribution in [0.5, 0.6) is 5.88 Å². The van der Waals surface area contributed by atoms with Crippen LogP contribution in [0.4, 0.5) is 0 Å². The molecule has 1 aliphatic heterocycles. The fraction of sp³-hybridized carbons (Fsp3) is 0.300. The standard InChI is InChI=1S/C20H21N3O4S/c1-22-20(27-2)17-9-8-14(12-18(17)21-22)19(24)23-11-10-16(13-23)28(25,26)15-6-4-3-5-7-15/h3-9,12,16H,10-11,13H2,1-2H3. The molecule has 1 saturated heterocycles. The molecule has 0 radical (unpaired) electrons. The molecule has 4 rings (SSSR count). The number of methoxy groups -OCH3 is 1. The molecule has 1 amide bonds. The number of likely N-dealkylation sites (tertiary alicyclic amines) is 1. The van der Waals surface area contributed by atoms with Gasteiger partial charge in [-0.25, -0.2) is 13.1 Å². The van der Waals surface area contributed by atoms with Crippen molar-refractivity contribution in [2.75, 3.05) is 20.2 Å². The molecule has 28 heavy (non-hydrogen) atoms. The van der Waals surface area contributed by atoms with E-state index in [0.717, 1.165) is 5.39 Å². The molecule has 0 bridgehead atoms. The average molecular weight is 399 g/mol. The van der Waals surface area contributed by atoms with Crippen LogP contribution in [-0.2, 0) is 16.9 Å². The molecule has 3 aromatic rings. The number of nitrogens with zero attached hydrogens (tertiary/aromatic N) is 3. The van der Waals surface area contributed by atoms with Crippen molar-refractivity contribution in [1.82, 2.24) is 14.7 Å². The normalized spacial score (nSPS) is 17.2. The van der Waals surface area contributed by atoms with E-state index in [-0.39, 0.29) is 12.5 Å². The summed E-state index contributed by atoms with van der Waals surface area (Å²) >= 11 is 0. The lowest BCUT2D eigenvalue weighted by Crippen LogP contribution is -2.31. The fourth-order valence-corrected chi connectivity index (χ4v) is 5.42. The summed E-state index contributed by atoms with van der Waals surface area (Å²) in [5.41, 5.74) is 1.16. The number of carbonyl (C=O) groups excluding carboxylic acids is 1. The highest BCUT2D eigenvalue weighted by molar-refractivity contribution is 7.92. The quantitative estimate of drug-likeness (QED) is 0.672. The molecule has 0 N–H and O–H groups in total. The minimum atomic E-state index is -3.45. The van der Waals surface area contributed by atoms with Gasteiger partial charge < -0.3 is 9.64 Å². The molecule has 146 valence electrons. The number of ether oxygens (including phenoxy) is 1. The third-order valence-corrected chi connectivity index (χ3v) is 7.35. The topological polar surface area (TPSA) is 81.5 Å². The van der Waals surface area contributed by atoms with Crippen LogP contribution >= 0.6 is 0 Å². The Morgan fingerprint density at radius 2 is 1.93 bits per heavy atom. The van der Waals surface area contributed by atoms with E-state index >= 15 is 0 Å². The third kappa shape index (κ3) is 3.03. The maximum absolute atomic E-state index is 12.9. The first kappa shape index (κ1) is 18.5. The van der Waals surface area contributed by atoms with E-state index in [2.05, 4.69) is 5.10 Å². The second-order valence-corrected chi connectivity index (χ2v) is 9.11. The first-order valence-corrected chi connectivity index (χ1v) is 10.6. The molecule has 0 aliphatic carbocycles. The molecule has 1 unspecified atom stereocenters. The van der Waals surface area contributed by atoms with Gasteiger partial charge in [0, 0.05) is 25.7 Å². The average Bonchev–Trinajstić information content (AvgIpc) is 3.32. The van der Waals surface area contributed by atoms with E-state index < -0.39 is 15.1 Å². The molecular formula is C20H21N3O4S. The molecule has 1 fully saturated rings. The maximum atomic E-state index is 12.9. The van der Waals surface area contributed by atoms with Gasteiger partial charge in [-0.05, 0) is 36.8 Å². The summed E-state index contributed by atoms with van der Waals surface area (Å²) in [6.45, 7) is 0.610. The SMILES string of the molecule is COc1c2ccc(C(=O)N3CCC(S(=O)(=O)c4ccccc4)C3)cc2nn1C. The van der Waals surface area contributed by atoms with Crippen molar-refractivity contribution in [3.8, 4) is 5.88 Å². The molecule has 1 aromatic heterocycles. The molecular weight excluding hydrogens is 378 g/mol. The van der Waals surface area contributed by atoms with Gasteiger partial charge in [0.05, 0.1) is 28.2 Å². The Hall–Kier alpha value is -2.87. The van der Waals surface area contributed by atoms with Crippen molar-refractivity contribution < 1.29 is 17.9 Å². The predicted octanol–water partition coefficient (Wildman–Crippen LogP) is 2.27. The van der Waals surface area contributed by atoms with Crippen molar-refractivity contribution in [2.45, 2.75) is 16.6 Å². The van der Waals surface area contributed by atoms with Gasteiger partial charge in [0.15, 0.2) is 9.84 Å². The highest BCUT2D eigenvalue weighted by Gasteiger charge is 2.36. The largest absolute Gasteiger partial charge is 0.481 e. The first-order chi connectivity index (χ1) is 13.4. The Labute approximate surface area is 163 Å². The minimum absolute atomic E-state index is 0.183. The van der Waals surface area contributed by atoms with E-state index in [4.69, 9.17) is 4.74 Å². The molecule has 1 aliphatic rings. The van der Waals surface area contributed by atoms with E-state index in [1.807, 2.05) is 6.07 Å². The molecule has 2 aromatic carbocycles. The fourth-order valence-electron chi connectivity index (χ4n) is 3.70. The van der Waals surface area contributed by atoms with Crippen LogP contribution in [0.1, 0.15) is 16.8 Å². The second kappa shape index (κ2) is 6.94. The summed E-state index contributed by atoms with van der Waals surface area (Å²) in [5.74, 6) is 0.446. The number of hydrogen-bond acceptors (Lipinski definition) is 5. The smallest absolute Gasteiger partial charge is 0.253 e. The number of carbonyl (C=O) groups is 1. The predicted molar refractivity (Wildman–Crippen MR) is 105 cm³/mol. The van der Waals surface area contributed by atoms with E-state index in [0.29, 0.717) is 34.8 Å². The zero-order valence-electron chi connectivity index (χ0n) is 15.7. The first-order valence-electron chi connectivity index (χ1n) is 9.01. The Morgan fingerprint density at radius 1 is 1.18 bits per heavy atom. The zero-order chi connectivity index (χ0) is 19.9. The van der Waals surface area contributed by atoms with Gasteiger partial charge in [-0.15, -0.1) is 0 Å². The highest BCUT2D eigenvalue weighted by atomic mass is 32.2. The molecule has 2 heterocycles. The Kier molecular flexibility index (Phi) is 4.58. The highest BCUT2D eigenvalue weighted by Crippen LogP contribution is 2.28. The van der Waals surface area contributed by atoms with E-state index in [1.165, 1.54) is 0 Å². The van der Waals surface area contributed by atoms with Gasteiger partial charge >= 0.3 is 0 Å². The van der Waals surface area contributed by atoms with Crippen molar-refractivity contribution in [2.24, 2.45) is 7.05 Å². The van der Waals surface area contributed by atoms with Crippen molar-refractivity contribution in [3.63, 3.8) is 0 Å². The maximum Gasteiger partial charge on any atom is 0.253 e. The van der Waals surface area contributed by atoms with Gasteiger partial charge in [-0.2, -0.15) is 5.10 Å². The lowest BCUT2D eigenvalue weighted by atomic mass is 10.1. The third-order valence-electron chi connectivity index (χ3n) is 5.16. The van der Waals surface area contributed by atoms with Crippen molar-refractivity contribution in [1.29, 1.82) is 0 Å². The van der Waals surface area contributed by atoms with Crippen LogP contribution < -0.4 is 4.74 Å². The second-order valence-electron chi connectivity index (χ2n) is 6.88. The van der Waals surface area contributed by atoms with Crippen LogP contribution in [-0.4, -0.2) is 54.5 Å². The van der Waals surface area contributed by atoms with Crippen LogP contribution in [0.2, 0.25) is 0 Å². The lowest BCUT2D eigenvalue weighted by Gasteiger charge is -2.17. The number of aromatic nitrogens is 2. The van der Waals surface area contributed by atoms with Crippen molar-refractivity contribution in [3.05, 3.63) is 54.1 Å². The summed E-state index contributed by atoms with van der Waals surface area (Å²) in [6.07, 6.45) is 0.433. The number of fused-ring (bicyclic) bond motifs is 1. The van der Waals surface area contributed by atoms with Crippen LogP contribution in [0.15, 0.2) is 53.4 Å². The number of sulfone groups is 1. The lowest BCUT2D eigenvalue weighted by molar-refractivity contribution is 0.0793. The molecule has 7 nitrogen and oxygen atoms in total. The van der Waals surface area contributed by atoms with E-state index in [9.17, 15) is 13.2 Å². The van der Waals surface area contributed by atoms with Crippen LogP contribution in [0.25, 0.3) is 10.9 Å². The van der Waals surface area contributed by atoms with Crippen LogP contribution in [0, 0.1) is 0 Å². The number of aryl methyl sites for hydroxylation is 1. The van der Waals surface area contributed by atoms with Gasteiger partial charge in [0.1, 0.15) is 0 Å². The van der Waals surface area contributed by atoms with Gasteiger partial charge in [0.25, 0.3) is 5.91 Å². The molecule has 1 atom stereocenters. The van der Waals surface area contributed by atoms with Gasteiger partial charge in [0.2, 0.25) is 5.88 Å². The number of amides is 1. The molecule has 0 spiro atoms. The van der Waals surface area contributed by atoms with Crippen molar-refractivity contribution >= 4 is 26.6 Å². The van der Waals surface area contributed by atoms with Crippen LogP contribution in [0.3, 0.4) is 0 Å². The number of benzene rings is 2. The zero-order valence-corrected chi connectivity index (χ0v) is 16.5. The Balaban J connectivity index is 1.56.